The van der Waals surface area contributed by atoms with Gasteiger partial charge in [-0.25, -0.2) is 39.9 Å². The van der Waals surface area contributed by atoms with E-state index in [2.05, 4.69) is 233 Å². The number of rotatable bonds is 20. The molecule has 12 rings (SSSR count). The summed E-state index contributed by atoms with van der Waals surface area (Å²) in [5.74, 6) is 0. The Hall–Kier alpha value is -9.68. The lowest BCUT2D eigenvalue weighted by molar-refractivity contribution is 0.923. The minimum Gasteiger partial charge on any atom is -0.306 e. The Morgan fingerprint density at radius 1 is 0.238 bits per heavy atom. The molecule has 0 radical (unpaired) electrons. The van der Waals surface area contributed by atoms with Gasteiger partial charge in [-0.15, -0.1) is 0 Å². The summed E-state index contributed by atoms with van der Waals surface area (Å²) in [7, 11) is 0. The normalized spacial score (nSPS) is 11.5. The molecule has 0 N–H and O–H groups in total. The van der Waals surface area contributed by atoms with Gasteiger partial charge in [-0.05, 0) is 112 Å². The summed E-state index contributed by atoms with van der Waals surface area (Å²) in [6.45, 7) is 17.5. The van der Waals surface area contributed by atoms with E-state index in [1.165, 1.54) is 0 Å². The second-order valence-corrected chi connectivity index (χ2v) is 20.9. The van der Waals surface area contributed by atoms with Gasteiger partial charge in [0.05, 0.1) is 91.1 Å². The third-order valence-corrected chi connectivity index (χ3v) is 16.3. The van der Waals surface area contributed by atoms with Crippen LogP contribution in [0.15, 0.2) is 183 Å². The molecule has 0 fully saturated rings. The highest BCUT2D eigenvalue weighted by molar-refractivity contribution is 6.33. The maximum atomic E-state index is 5.06. The zero-order chi connectivity index (χ0) is 57.8. The Morgan fingerprint density at radius 3 is 0.583 bits per heavy atom. The van der Waals surface area contributed by atoms with Crippen molar-refractivity contribution in [3.63, 3.8) is 0 Å². The molecule has 0 saturated carbocycles. The lowest BCUT2D eigenvalue weighted by Gasteiger charge is -2.36. The quantitative estimate of drug-likeness (QED) is 0.0677. The van der Waals surface area contributed by atoms with Crippen LogP contribution in [0.3, 0.4) is 0 Å². The van der Waals surface area contributed by atoms with Crippen molar-refractivity contribution in [3.05, 3.63) is 229 Å². The van der Waals surface area contributed by atoms with E-state index >= 15 is 0 Å². The molecule has 0 saturated heterocycles. The fourth-order valence-corrected chi connectivity index (χ4v) is 12.5. The van der Waals surface area contributed by atoms with E-state index in [-0.39, 0.29) is 0 Å². The first kappa shape index (κ1) is 54.9. The maximum absolute atomic E-state index is 5.06. The molecule has 8 aromatic carbocycles. The topological polar surface area (TPSA) is 116 Å². The smallest absolute Gasteiger partial charge is 0.116 e. The van der Waals surface area contributed by atoms with Crippen LogP contribution in [0, 0.1) is 0 Å². The number of nitrogens with zero attached hydrogens (tertiary/aromatic N) is 12. The Kier molecular flexibility index (Phi) is 15.7. The van der Waals surface area contributed by atoms with E-state index in [0.29, 0.717) is 51.4 Å². The van der Waals surface area contributed by atoms with Crippen LogP contribution in [0.5, 0.6) is 0 Å². The summed E-state index contributed by atoms with van der Waals surface area (Å²) in [5.41, 5.74) is 19.5. The Balaban J connectivity index is 1.36. The van der Waals surface area contributed by atoms with Gasteiger partial charge in [0.25, 0.3) is 0 Å². The third-order valence-electron chi connectivity index (χ3n) is 16.3. The third kappa shape index (κ3) is 9.54. The first-order chi connectivity index (χ1) is 41.4. The molecule has 0 amide bonds. The molecular formula is C72H70N12. The van der Waals surface area contributed by atoms with Gasteiger partial charge in [0, 0.05) is 55.1 Å². The van der Waals surface area contributed by atoms with Crippen molar-refractivity contribution in [1.29, 1.82) is 0 Å². The van der Waals surface area contributed by atoms with E-state index in [1.807, 2.05) is 0 Å². The Labute approximate surface area is 493 Å². The second-order valence-electron chi connectivity index (χ2n) is 20.9. The summed E-state index contributed by atoms with van der Waals surface area (Å²) in [5, 5.41) is 6.43. The van der Waals surface area contributed by atoms with E-state index in [0.717, 1.165) is 146 Å². The van der Waals surface area contributed by atoms with Gasteiger partial charge in [-0.1, -0.05) is 152 Å². The van der Waals surface area contributed by atoms with Crippen molar-refractivity contribution >= 4 is 101 Å². The molecule has 84 heavy (non-hydrogen) atoms. The predicted molar refractivity (Wildman–Crippen MR) is 346 cm³/mol. The zero-order valence-electron chi connectivity index (χ0n) is 49.3. The SMILES string of the molecule is CCc1ncnc(CC)c1N(c1ccccc1)c1cc(N(c2ccccc2)c2c(CC)ncnc2CC)c2ccc3c(N(c4ccccc4)c4c(CC)ncnc4CC)cc(N(c4ccccc4)c4c(CC)ncnc4CC)c4ccc1c2c43. The van der Waals surface area contributed by atoms with E-state index < -0.39 is 0 Å². The van der Waals surface area contributed by atoms with Crippen LogP contribution in [0.4, 0.5) is 68.2 Å². The summed E-state index contributed by atoms with van der Waals surface area (Å²) in [4.78, 5) is 50.2. The Bertz CT molecular complexity index is 3640. The fraction of sp³-hybridized carbons (Fsp3) is 0.222. The van der Waals surface area contributed by atoms with Crippen molar-refractivity contribution in [2.45, 2.75) is 107 Å². The van der Waals surface area contributed by atoms with Crippen molar-refractivity contribution in [2.75, 3.05) is 19.6 Å². The number of benzene rings is 8. The molecule has 0 aliphatic rings. The number of aryl methyl sites for hydroxylation is 8. The van der Waals surface area contributed by atoms with E-state index in [9.17, 15) is 0 Å². The highest BCUT2D eigenvalue weighted by atomic mass is 15.2. The second kappa shape index (κ2) is 24.0. The highest BCUT2D eigenvalue weighted by Gasteiger charge is 2.33. The first-order valence-corrected chi connectivity index (χ1v) is 29.9. The fourth-order valence-electron chi connectivity index (χ4n) is 12.5. The largest absolute Gasteiger partial charge is 0.306 e. The molecule has 4 aromatic heterocycles. The molecule has 0 spiro atoms. The molecule has 12 heteroatoms. The molecule has 12 nitrogen and oxygen atoms in total. The van der Waals surface area contributed by atoms with Crippen LogP contribution in [0.2, 0.25) is 0 Å². The molecule has 0 bridgehead atoms. The number of anilines is 12. The highest BCUT2D eigenvalue weighted by Crippen LogP contribution is 2.56. The zero-order valence-corrected chi connectivity index (χ0v) is 49.3. The summed E-state index contributed by atoms with van der Waals surface area (Å²) in [6, 6.07) is 57.2. The van der Waals surface area contributed by atoms with Gasteiger partial charge in [-0.2, -0.15) is 0 Å². The summed E-state index contributed by atoms with van der Waals surface area (Å²) < 4.78 is 0. The van der Waals surface area contributed by atoms with Crippen LogP contribution in [0.1, 0.15) is 101 Å². The molecule has 0 unspecified atom stereocenters. The summed E-state index contributed by atoms with van der Waals surface area (Å²) in [6.07, 6.45) is 12.5. The van der Waals surface area contributed by atoms with Gasteiger partial charge < -0.3 is 19.6 Å². The van der Waals surface area contributed by atoms with Crippen LogP contribution in [-0.2, 0) is 51.4 Å². The molecule has 12 aromatic rings. The lowest BCUT2D eigenvalue weighted by atomic mass is 9.88. The lowest BCUT2D eigenvalue weighted by Crippen LogP contribution is -2.20. The summed E-state index contributed by atoms with van der Waals surface area (Å²) >= 11 is 0. The standard InChI is InChI=1S/C72H70N12/c1-9-55-69(56(10-2)74-43-73-55)81(47-29-21-17-22-30-47)63-41-64(82(48-31-23-18-24-32-48)70-57(11-3)75-44-76-58(70)12-4)52-39-40-54-66(84(50-35-27-20-28-36-50)72-61(15-7)79-46-80-62(72)16-8)42-65(53-38-37-51(63)67(52)68(53)54)83(49-33-25-19-26-34-49)71-59(13-5)77-45-78-60(71)14-6/h17-46H,9-16H2,1-8H3. The molecule has 4 heterocycles. The predicted octanol–water partition coefficient (Wildman–Crippen LogP) is 18.1. The Morgan fingerprint density at radius 2 is 0.417 bits per heavy atom. The number of hydrogen-bond acceptors (Lipinski definition) is 12. The first-order valence-electron chi connectivity index (χ1n) is 29.9. The van der Waals surface area contributed by atoms with E-state index in [1.54, 1.807) is 25.3 Å². The van der Waals surface area contributed by atoms with Gasteiger partial charge >= 0.3 is 0 Å². The molecule has 0 atom stereocenters. The number of aromatic nitrogens is 8. The molecular weight excluding hydrogens is 1030 g/mol. The van der Waals surface area contributed by atoms with Gasteiger partial charge in [0.1, 0.15) is 25.3 Å². The minimum absolute atomic E-state index is 0.701. The van der Waals surface area contributed by atoms with Gasteiger partial charge in [0.15, 0.2) is 0 Å². The monoisotopic (exact) mass is 1100 g/mol. The van der Waals surface area contributed by atoms with E-state index in [4.69, 9.17) is 39.9 Å². The van der Waals surface area contributed by atoms with Gasteiger partial charge in [0.2, 0.25) is 0 Å². The van der Waals surface area contributed by atoms with Crippen molar-refractivity contribution in [2.24, 2.45) is 0 Å². The van der Waals surface area contributed by atoms with Gasteiger partial charge in [-0.3, -0.25) is 0 Å². The van der Waals surface area contributed by atoms with Crippen LogP contribution >= 0.6 is 0 Å². The van der Waals surface area contributed by atoms with Crippen molar-refractivity contribution < 1.29 is 0 Å². The molecule has 0 aliphatic carbocycles. The number of para-hydroxylation sites is 4. The van der Waals surface area contributed by atoms with Crippen molar-refractivity contribution in [1.82, 2.24) is 39.9 Å². The van der Waals surface area contributed by atoms with Crippen LogP contribution in [-0.4, -0.2) is 39.9 Å². The average Bonchev–Trinajstić information content (AvgIpc) is 0.944. The minimum atomic E-state index is 0.701. The van der Waals surface area contributed by atoms with Crippen molar-refractivity contribution in [3.8, 4) is 0 Å². The van der Waals surface area contributed by atoms with Crippen LogP contribution < -0.4 is 19.6 Å². The average molecular weight is 1100 g/mol. The van der Waals surface area contributed by atoms with Crippen LogP contribution in [0.25, 0.3) is 32.3 Å². The number of hydrogen-bond donors (Lipinski definition) is 0. The maximum Gasteiger partial charge on any atom is 0.116 e. The molecule has 418 valence electrons. The molecule has 0 aliphatic heterocycles.